The average molecular weight is 454 g/mol. The summed E-state index contributed by atoms with van der Waals surface area (Å²) in [6.07, 6.45) is 2.92. The van der Waals surface area contributed by atoms with Crippen LogP contribution in [0.25, 0.3) is 10.9 Å². The molecule has 172 valence electrons. The molecule has 1 aromatic heterocycles. The molecule has 1 saturated heterocycles. The second-order valence-electron chi connectivity index (χ2n) is 8.72. The number of carbonyl (C=O) groups is 2. The molecule has 2 heterocycles. The molecule has 0 saturated carbocycles. The summed E-state index contributed by atoms with van der Waals surface area (Å²) in [5, 5.41) is 11.4. The summed E-state index contributed by atoms with van der Waals surface area (Å²) < 4.78 is 0. The van der Waals surface area contributed by atoms with E-state index in [1.54, 1.807) is 17.0 Å². The Morgan fingerprint density at radius 1 is 0.824 bits per heavy atom. The van der Waals surface area contributed by atoms with Gasteiger partial charge in [0.25, 0.3) is 5.91 Å². The number of phenols is 1. The van der Waals surface area contributed by atoms with Gasteiger partial charge < -0.3 is 19.9 Å². The molecule has 0 radical (unpaired) electrons. The van der Waals surface area contributed by atoms with Crippen LogP contribution in [0.2, 0.25) is 0 Å². The molecule has 0 unspecified atom stereocenters. The standard InChI is InChI=1S/C28H27N3O3/c32-26-11-10-21(16-20-6-2-1-3-7-20)17-24(26)28(34)31-14-12-30(13-15-31)27(33)18-22-19-29-25-9-5-4-8-23(22)25/h1-11,17,19,29,32H,12-16,18H2. The number of para-hydroxylation sites is 1. The molecule has 0 bridgehead atoms. The highest BCUT2D eigenvalue weighted by atomic mass is 16.3. The van der Waals surface area contributed by atoms with E-state index in [1.807, 2.05) is 71.8 Å². The van der Waals surface area contributed by atoms with Gasteiger partial charge in [-0.25, -0.2) is 0 Å². The molecule has 2 N–H and O–H groups in total. The van der Waals surface area contributed by atoms with E-state index in [-0.39, 0.29) is 17.6 Å². The Hall–Kier alpha value is -4.06. The Kier molecular flexibility index (Phi) is 6.04. The summed E-state index contributed by atoms with van der Waals surface area (Å²) >= 11 is 0. The number of phenolic OH excluding ortho intramolecular Hbond substituents is 1. The zero-order valence-corrected chi connectivity index (χ0v) is 18.9. The third kappa shape index (κ3) is 4.53. The van der Waals surface area contributed by atoms with Crippen molar-refractivity contribution in [3.63, 3.8) is 0 Å². The molecule has 0 spiro atoms. The van der Waals surface area contributed by atoms with Gasteiger partial charge in [-0.1, -0.05) is 54.6 Å². The maximum Gasteiger partial charge on any atom is 0.257 e. The number of benzene rings is 3. The third-order valence-corrected chi connectivity index (χ3v) is 6.48. The lowest BCUT2D eigenvalue weighted by Crippen LogP contribution is -2.51. The molecule has 4 aromatic rings. The zero-order chi connectivity index (χ0) is 23.5. The number of piperazine rings is 1. The van der Waals surface area contributed by atoms with Gasteiger partial charge in [0.05, 0.1) is 12.0 Å². The normalized spacial score (nSPS) is 13.9. The summed E-state index contributed by atoms with van der Waals surface area (Å²) in [4.78, 5) is 32.8. The molecule has 0 atom stereocenters. The van der Waals surface area contributed by atoms with Crippen LogP contribution in [0.4, 0.5) is 0 Å². The maximum absolute atomic E-state index is 13.2. The molecule has 6 nitrogen and oxygen atoms in total. The summed E-state index contributed by atoms with van der Waals surface area (Å²) in [6.45, 7) is 1.86. The van der Waals surface area contributed by atoms with E-state index >= 15 is 0 Å². The topological polar surface area (TPSA) is 76.6 Å². The van der Waals surface area contributed by atoms with Crippen LogP contribution >= 0.6 is 0 Å². The highest BCUT2D eigenvalue weighted by Gasteiger charge is 2.26. The van der Waals surface area contributed by atoms with E-state index in [4.69, 9.17) is 0 Å². The van der Waals surface area contributed by atoms with E-state index in [0.29, 0.717) is 44.6 Å². The lowest BCUT2D eigenvalue weighted by Gasteiger charge is -2.35. The summed E-state index contributed by atoms with van der Waals surface area (Å²) in [6, 6.07) is 23.2. The SMILES string of the molecule is O=C(Cc1c[nH]c2ccccc12)N1CCN(C(=O)c2cc(Cc3ccccc3)ccc2O)CC1. The van der Waals surface area contributed by atoms with E-state index in [9.17, 15) is 14.7 Å². The number of aromatic hydroxyl groups is 1. The molecule has 5 rings (SSSR count). The van der Waals surface area contributed by atoms with Crippen molar-refractivity contribution in [3.05, 3.63) is 101 Å². The van der Waals surface area contributed by atoms with Crippen LogP contribution in [0, 0.1) is 0 Å². The molecule has 3 aromatic carbocycles. The number of nitrogens with zero attached hydrogens (tertiary/aromatic N) is 2. The molecular weight excluding hydrogens is 426 g/mol. The summed E-state index contributed by atoms with van der Waals surface area (Å²) in [5.74, 6) is -0.152. The van der Waals surface area contributed by atoms with Crippen LogP contribution in [0.3, 0.4) is 0 Å². The van der Waals surface area contributed by atoms with Gasteiger partial charge in [-0.15, -0.1) is 0 Å². The Labute approximate surface area is 198 Å². The number of amides is 2. The predicted molar refractivity (Wildman–Crippen MR) is 132 cm³/mol. The van der Waals surface area contributed by atoms with Crippen molar-refractivity contribution >= 4 is 22.7 Å². The van der Waals surface area contributed by atoms with Crippen LogP contribution < -0.4 is 0 Å². The first-order valence-electron chi connectivity index (χ1n) is 11.6. The fourth-order valence-electron chi connectivity index (χ4n) is 4.58. The number of carbonyl (C=O) groups excluding carboxylic acids is 2. The molecule has 1 fully saturated rings. The third-order valence-electron chi connectivity index (χ3n) is 6.48. The minimum Gasteiger partial charge on any atom is -0.507 e. The first kappa shape index (κ1) is 21.8. The number of aromatic nitrogens is 1. The van der Waals surface area contributed by atoms with Gasteiger partial charge in [-0.05, 0) is 41.3 Å². The highest BCUT2D eigenvalue weighted by molar-refractivity contribution is 5.97. The van der Waals surface area contributed by atoms with Gasteiger partial charge in [0, 0.05) is 43.3 Å². The van der Waals surface area contributed by atoms with Crippen LogP contribution in [-0.2, 0) is 17.6 Å². The molecule has 34 heavy (non-hydrogen) atoms. The number of H-pyrrole nitrogens is 1. The number of fused-ring (bicyclic) bond motifs is 1. The quantitative estimate of drug-likeness (QED) is 0.480. The monoisotopic (exact) mass is 453 g/mol. The van der Waals surface area contributed by atoms with Crippen LogP contribution in [-0.4, -0.2) is 57.9 Å². The minimum atomic E-state index is -0.198. The summed E-state index contributed by atoms with van der Waals surface area (Å²) in [7, 11) is 0. The Morgan fingerprint density at radius 3 is 2.32 bits per heavy atom. The largest absolute Gasteiger partial charge is 0.507 e. The zero-order valence-electron chi connectivity index (χ0n) is 18.9. The van der Waals surface area contributed by atoms with Crippen molar-refractivity contribution < 1.29 is 14.7 Å². The molecule has 1 aliphatic rings. The molecule has 2 amide bonds. The van der Waals surface area contributed by atoms with Crippen LogP contribution in [0.1, 0.15) is 27.0 Å². The van der Waals surface area contributed by atoms with Crippen molar-refractivity contribution in [2.45, 2.75) is 12.8 Å². The van der Waals surface area contributed by atoms with Gasteiger partial charge in [-0.2, -0.15) is 0 Å². The van der Waals surface area contributed by atoms with Crippen molar-refractivity contribution in [2.75, 3.05) is 26.2 Å². The van der Waals surface area contributed by atoms with Crippen LogP contribution in [0.5, 0.6) is 5.75 Å². The fourth-order valence-corrected chi connectivity index (χ4v) is 4.58. The lowest BCUT2D eigenvalue weighted by atomic mass is 10.0. The molecule has 0 aliphatic carbocycles. The van der Waals surface area contributed by atoms with Crippen molar-refractivity contribution in [3.8, 4) is 5.75 Å². The van der Waals surface area contributed by atoms with Gasteiger partial charge in [0.2, 0.25) is 5.91 Å². The summed E-state index contributed by atoms with van der Waals surface area (Å²) in [5.41, 5.74) is 4.44. The van der Waals surface area contributed by atoms with Gasteiger partial charge >= 0.3 is 0 Å². The second-order valence-corrected chi connectivity index (χ2v) is 8.72. The van der Waals surface area contributed by atoms with Crippen LogP contribution in [0.15, 0.2) is 79.0 Å². The highest BCUT2D eigenvalue weighted by Crippen LogP contribution is 2.23. The van der Waals surface area contributed by atoms with E-state index in [1.165, 1.54) is 0 Å². The lowest BCUT2D eigenvalue weighted by molar-refractivity contribution is -0.131. The smallest absolute Gasteiger partial charge is 0.257 e. The number of rotatable bonds is 5. The predicted octanol–water partition coefficient (Wildman–Crippen LogP) is 3.99. The maximum atomic E-state index is 13.2. The number of hydrogen-bond acceptors (Lipinski definition) is 3. The van der Waals surface area contributed by atoms with E-state index in [2.05, 4.69) is 4.98 Å². The van der Waals surface area contributed by atoms with Crippen molar-refractivity contribution in [2.24, 2.45) is 0 Å². The Bertz CT molecular complexity index is 1320. The second kappa shape index (κ2) is 9.43. The van der Waals surface area contributed by atoms with Crippen molar-refractivity contribution in [1.82, 2.24) is 14.8 Å². The van der Waals surface area contributed by atoms with Gasteiger partial charge in [0.1, 0.15) is 5.75 Å². The molecule has 1 aliphatic heterocycles. The van der Waals surface area contributed by atoms with Gasteiger partial charge in [0.15, 0.2) is 0 Å². The fraction of sp³-hybridized carbons (Fsp3) is 0.214. The number of aromatic amines is 1. The van der Waals surface area contributed by atoms with E-state index < -0.39 is 0 Å². The first-order valence-corrected chi connectivity index (χ1v) is 11.6. The number of nitrogens with one attached hydrogen (secondary N) is 1. The first-order chi connectivity index (χ1) is 16.6. The number of hydrogen-bond donors (Lipinski definition) is 2. The average Bonchev–Trinajstić information content (AvgIpc) is 3.28. The Balaban J connectivity index is 1.22. The Morgan fingerprint density at radius 2 is 1.53 bits per heavy atom. The van der Waals surface area contributed by atoms with Crippen molar-refractivity contribution in [1.29, 1.82) is 0 Å². The minimum absolute atomic E-state index is 0.0142. The molecule has 6 heteroatoms. The van der Waals surface area contributed by atoms with Gasteiger partial charge in [-0.3, -0.25) is 9.59 Å². The molecular formula is C28H27N3O3. The van der Waals surface area contributed by atoms with E-state index in [0.717, 1.165) is 27.6 Å².